The third kappa shape index (κ3) is 4.38. The molecule has 2 rings (SSSR count). The molecule has 0 aliphatic heterocycles. The van der Waals surface area contributed by atoms with Crippen molar-refractivity contribution in [2.75, 3.05) is 0 Å². The zero-order valence-corrected chi connectivity index (χ0v) is 16.4. The van der Waals surface area contributed by atoms with Crippen molar-refractivity contribution in [2.24, 2.45) is 0 Å². The van der Waals surface area contributed by atoms with Crippen molar-refractivity contribution in [2.45, 2.75) is 59.4 Å². The number of hydrogen-bond donors (Lipinski definition) is 0. The van der Waals surface area contributed by atoms with E-state index in [4.69, 9.17) is 9.15 Å². The summed E-state index contributed by atoms with van der Waals surface area (Å²) in [6, 6.07) is 3.50. The van der Waals surface area contributed by atoms with Crippen LogP contribution in [0.3, 0.4) is 0 Å². The van der Waals surface area contributed by atoms with Crippen molar-refractivity contribution < 1.29 is 23.7 Å². The number of nitro groups is 1. The molecule has 1 amide bonds. The standard InChI is InChI=1S/C18H23N3O7/c1-10(2)20(11(3)4)17(23)12(5)27-16(22)9-19-14-7-6-13(21(25)26)8-15(14)28-18(19)24/h6-8,10-12H,9H2,1-5H3/t12-/m1/s1. The predicted molar refractivity (Wildman–Crippen MR) is 99.8 cm³/mol. The summed E-state index contributed by atoms with van der Waals surface area (Å²) >= 11 is 0. The second kappa shape index (κ2) is 8.24. The molecule has 10 heteroatoms. The number of aromatic nitrogens is 1. The first-order valence-electron chi connectivity index (χ1n) is 8.82. The van der Waals surface area contributed by atoms with Gasteiger partial charge in [0, 0.05) is 18.2 Å². The predicted octanol–water partition coefficient (Wildman–Crippen LogP) is 2.08. The van der Waals surface area contributed by atoms with E-state index < -0.39 is 29.3 Å². The molecule has 0 bridgehead atoms. The fraction of sp³-hybridized carbons (Fsp3) is 0.500. The fourth-order valence-electron chi connectivity index (χ4n) is 3.05. The highest BCUT2D eigenvalue weighted by Gasteiger charge is 2.28. The van der Waals surface area contributed by atoms with Crippen LogP contribution in [-0.2, 0) is 20.9 Å². The average molecular weight is 393 g/mol. The molecule has 0 N–H and O–H groups in total. The number of nitrogens with zero attached hydrogens (tertiary/aromatic N) is 3. The Hall–Kier alpha value is -3.17. The molecule has 28 heavy (non-hydrogen) atoms. The van der Waals surface area contributed by atoms with Crippen LogP contribution in [0.1, 0.15) is 34.6 Å². The zero-order valence-electron chi connectivity index (χ0n) is 16.4. The highest BCUT2D eigenvalue weighted by molar-refractivity contribution is 5.84. The van der Waals surface area contributed by atoms with Crippen LogP contribution in [0.5, 0.6) is 0 Å². The molecule has 1 aromatic heterocycles. The minimum absolute atomic E-state index is 0.0121. The van der Waals surface area contributed by atoms with Crippen molar-refractivity contribution in [3.8, 4) is 0 Å². The van der Waals surface area contributed by atoms with E-state index in [9.17, 15) is 24.5 Å². The van der Waals surface area contributed by atoms with Gasteiger partial charge in [0.2, 0.25) is 0 Å². The number of hydrogen-bond acceptors (Lipinski definition) is 7. The molecule has 0 fully saturated rings. The summed E-state index contributed by atoms with van der Waals surface area (Å²) in [5, 5.41) is 10.8. The lowest BCUT2D eigenvalue weighted by atomic mass is 10.2. The summed E-state index contributed by atoms with van der Waals surface area (Å²) in [5.41, 5.74) is -0.0305. The molecule has 0 aliphatic rings. The zero-order chi connectivity index (χ0) is 21.2. The second-order valence-corrected chi connectivity index (χ2v) is 6.93. The number of esters is 1. The van der Waals surface area contributed by atoms with E-state index >= 15 is 0 Å². The Balaban J connectivity index is 2.17. The van der Waals surface area contributed by atoms with Crippen molar-refractivity contribution in [3.63, 3.8) is 0 Å². The van der Waals surface area contributed by atoms with Crippen LogP contribution >= 0.6 is 0 Å². The van der Waals surface area contributed by atoms with Crippen molar-refractivity contribution >= 4 is 28.7 Å². The van der Waals surface area contributed by atoms with Crippen molar-refractivity contribution in [1.82, 2.24) is 9.47 Å². The molecular weight excluding hydrogens is 370 g/mol. The molecule has 2 aromatic rings. The molecule has 0 saturated heterocycles. The molecule has 0 aliphatic carbocycles. The fourth-order valence-corrected chi connectivity index (χ4v) is 3.05. The molecule has 0 radical (unpaired) electrons. The summed E-state index contributed by atoms with van der Waals surface area (Å²) < 4.78 is 11.2. The topological polar surface area (TPSA) is 125 Å². The monoisotopic (exact) mass is 393 g/mol. The Labute approximate surface area is 160 Å². The Morgan fingerprint density at radius 2 is 1.82 bits per heavy atom. The SMILES string of the molecule is CC(C)N(C(=O)[C@@H](C)OC(=O)Cn1c(=O)oc2cc([N+](=O)[O-])ccc21)C(C)C. The van der Waals surface area contributed by atoms with Gasteiger partial charge in [-0.1, -0.05) is 0 Å². The number of carbonyl (C=O) groups is 2. The molecule has 0 unspecified atom stereocenters. The van der Waals surface area contributed by atoms with Crippen LogP contribution in [-0.4, -0.2) is 44.5 Å². The molecule has 0 spiro atoms. The van der Waals surface area contributed by atoms with Crippen LogP contribution in [0.15, 0.2) is 27.4 Å². The number of non-ortho nitro benzene ring substituents is 1. The quantitative estimate of drug-likeness (QED) is 0.400. The summed E-state index contributed by atoms with van der Waals surface area (Å²) in [5.74, 6) is -1.98. The van der Waals surface area contributed by atoms with E-state index in [0.717, 1.165) is 10.6 Å². The third-order valence-corrected chi connectivity index (χ3v) is 4.17. The number of rotatable bonds is 7. The number of carbonyl (C=O) groups excluding carboxylic acids is 2. The maximum Gasteiger partial charge on any atom is 0.420 e. The molecular formula is C18H23N3O7. The van der Waals surface area contributed by atoms with Crippen molar-refractivity contribution in [1.29, 1.82) is 0 Å². The first-order valence-corrected chi connectivity index (χ1v) is 8.82. The van der Waals surface area contributed by atoms with Crippen LogP contribution in [0.25, 0.3) is 11.1 Å². The molecule has 10 nitrogen and oxygen atoms in total. The van der Waals surface area contributed by atoms with Gasteiger partial charge in [0.15, 0.2) is 11.7 Å². The van der Waals surface area contributed by atoms with E-state index in [2.05, 4.69) is 0 Å². The van der Waals surface area contributed by atoms with E-state index in [1.807, 2.05) is 27.7 Å². The number of oxazole rings is 1. The maximum atomic E-state index is 12.5. The maximum absolute atomic E-state index is 12.5. The Morgan fingerprint density at radius 1 is 1.21 bits per heavy atom. The lowest BCUT2D eigenvalue weighted by Gasteiger charge is -2.32. The molecule has 152 valence electrons. The lowest BCUT2D eigenvalue weighted by molar-refractivity contribution is -0.384. The van der Waals surface area contributed by atoms with E-state index in [0.29, 0.717) is 0 Å². The first-order chi connectivity index (χ1) is 13.0. The summed E-state index contributed by atoms with van der Waals surface area (Å²) in [6.07, 6.45) is -1.02. The number of ether oxygens (including phenoxy) is 1. The van der Waals surface area contributed by atoms with E-state index in [1.165, 1.54) is 19.1 Å². The van der Waals surface area contributed by atoms with Crippen LogP contribution in [0, 0.1) is 10.1 Å². The summed E-state index contributed by atoms with van der Waals surface area (Å²) in [7, 11) is 0. The number of fused-ring (bicyclic) bond motifs is 1. The van der Waals surface area contributed by atoms with Gasteiger partial charge in [-0.05, 0) is 40.7 Å². The van der Waals surface area contributed by atoms with Gasteiger partial charge < -0.3 is 14.1 Å². The normalized spacial score (nSPS) is 12.4. The summed E-state index contributed by atoms with van der Waals surface area (Å²) in [6.45, 7) is 8.44. The minimum Gasteiger partial charge on any atom is -0.451 e. The molecule has 1 heterocycles. The molecule has 1 atom stereocenters. The number of benzene rings is 1. The van der Waals surface area contributed by atoms with Gasteiger partial charge in [-0.15, -0.1) is 0 Å². The highest BCUT2D eigenvalue weighted by Crippen LogP contribution is 2.20. The smallest absolute Gasteiger partial charge is 0.420 e. The van der Waals surface area contributed by atoms with Gasteiger partial charge in [0.1, 0.15) is 6.54 Å². The van der Waals surface area contributed by atoms with Gasteiger partial charge in [0.25, 0.3) is 11.6 Å². The minimum atomic E-state index is -1.02. The van der Waals surface area contributed by atoms with Gasteiger partial charge in [0.05, 0.1) is 16.5 Å². The number of amides is 1. The Bertz CT molecular complexity index is 950. The average Bonchev–Trinajstić information content (AvgIpc) is 2.88. The van der Waals surface area contributed by atoms with Crippen LogP contribution < -0.4 is 5.76 Å². The van der Waals surface area contributed by atoms with Crippen LogP contribution in [0.2, 0.25) is 0 Å². The van der Waals surface area contributed by atoms with E-state index in [1.54, 1.807) is 4.90 Å². The molecule has 0 saturated carbocycles. The third-order valence-electron chi connectivity index (χ3n) is 4.17. The van der Waals surface area contributed by atoms with Crippen LogP contribution in [0.4, 0.5) is 5.69 Å². The second-order valence-electron chi connectivity index (χ2n) is 6.93. The first kappa shape index (κ1) is 21.1. The largest absolute Gasteiger partial charge is 0.451 e. The Morgan fingerprint density at radius 3 is 2.36 bits per heavy atom. The lowest BCUT2D eigenvalue weighted by Crippen LogP contribution is -2.47. The van der Waals surface area contributed by atoms with Crippen molar-refractivity contribution in [3.05, 3.63) is 38.9 Å². The number of nitro benzene ring substituents is 1. The van der Waals surface area contributed by atoms with Gasteiger partial charge in [-0.25, -0.2) is 4.79 Å². The highest BCUT2D eigenvalue weighted by atomic mass is 16.6. The Kier molecular flexibility index (Phi) is 6.22. The molecule has 1 aromatic carbocycles. The van der Waals surface area contributed by atoms with Gasteiger partial charge in [-0.2, -0.15) is 0 Å². The van der Waals surface area contributed by atoms with Gasteiger partial charge in [-0.3, -0.25) is 24.3 Å². The van der Waals surface area contributed by atoms with Gasteiger partial charge >= 0.3 is 11.7 Å². The van der Waals surface area contributed by atoms with E-state index in [-0.39, 0.29) is 34.8 Å². The summed E-state index contributed by atoms with van der Waals surface area (Å²) in [4.78, 5) is 48.6.